The maximum atomic E-state index is 4.66. The van der Waals surface area contributed by atoms with Crippen molar-refractivity contribution in [3.05, 3.63) is 160 Å². The molecule has 4 aliphatic rings. The van der Waals surface area contributed by atoms with E-state index in [0.717, 1.165) is 31.3 Å². The molecule has 4 aliphatic carbocycles. The highest BCUT2D eigenvalue weighted by Gasteiger charge is 2.29. The molecule has 6 rings (SSSR count). The smallest absolute Gasteiger partial charge is 0.0187 e. The summed E-state index contributed by atoms with van der Waals surface area (Å²) in [6.45, 7) is 9.23. The largest absolute Gasteiger partial charge is 0.0952 e. The highest BCUT2D eigenvalue weighted by molar-refractivity contribution is 5.80. The van der Waals surface area contributed by atoms with Crippen LogP contribution >= 0.6 is 0 Å². The minimum atomic E-state index is 0.156. The Bertz CT molecular complexity index is 1590. The monoisotopic (exact) mass is 534 g/mol. The van der Waals surface area contributed by atoms with Gasteiger partial charge in [-0.3, -0.25) is 0 Å². The maximum Gasteiger partial charge on any atom is 0.0187 e. The minimum absolute atomic E-state index is 0.156. The topological polar surface area (TPSA) is 0 Å². The van der Waals surface area contributed by atoms with Crippen LogP contribution in [0.1, 0.15) is 84.7 Å². The summed E-state index contributed by atoms with van der Waals surface area (Å²) in [5, 5.41) is 0. The summed E-state index contributed by atoms with van der Waals surface area (Å²) in [6, 6.07) is 14.3. The lowest BCUT2D eigenvalue weighted by molar-refractivity contribution is 0.659. The normalized spacial score (nSPS) is 25.2. The molecule has 2 aromatic carbocycles. The molecule has 0 saturated carbocycles. The fourth-order valence-electron chi connectivity index (χ4n) is 7.04. The highest BCUT2D eigenvalue weighted by atomic mass is 14.3. The average molecular weight is 535 g/mol. The molecule has 0 aromatic heterocycles. The minimum Gasteiger partial charge on any atom is -0.0952 e. The molecule has 0 heteroatoms. The lowest BCUT2D eigenvalue weighted by atomic mass is 9.72. The van der Waals surface area contributed by atoms with Gasteiger partial charge in [-0.15, -0.1) is 0 Å². The van der Waals surface area contributed by atoms with Gasteiger partial charge < -0.3 is 0 Å². The van der Waals surface area contributed by atoms with Crippen molar-refractivity contribution in [1.82, 2.24) is 0 Å². The van der Waals surface area contributed by atoms with Gasteiger partial charge in [-0.1, -0.05) is 129 Å². The first-order valence-electron chi connectivity index (χ1n) is 15.5. The van der Waals surface area contributed by atoms with E-state index in [4.69, 9.17) is 0 Å². The van der Waals surface area contributed by atoms with E-state index < -0.39 is 0 Å². The van der Waals surface area contributed by atoms with Gasteiger partial charge in [0.05, 0.1) is 0 Å². The van der Waals surface area contributed by atoms with Gasteiger partial charge in [0.15, 0.2) is 0 Å². The quantitative estimate of drug-likeness (QED) is 0.358. The number of allylic oxidation sites excluding steroid dienone is 16. The summed E-state index contributed by atoms with van der Waals surface area (Å²) >= 11 is 0. The predicted molar refractivity (Wildman–Crippen MR) is 179 cm³/mol. The lowest BCUT2D eigenvalue weighted by Gasteiger charge is -2.32. The van der Waals surface area contributed by atoms with Crippen LogP contribution in [0.5, 0.6) is 0 Å². The molecule has 0 spiro atoms. The van der Waals surface area contributed by atoms with Crippen molar-refractivity contribution in [2.45, 2.75) is 64.7 Å². The lowest BCUT2D eigenvalue weighted by Crippen LogP contribution is -2.18. The van der Waals surface area contributed by atoms with Crippen LogP contribution in [0.3, 0.4) is 0 Å². The van der Waals surface area contributed by atoms with Crippen LogP contribution < -0.4 is 0 Å². The summed E-state index contributed by atoms with van der Waals surface area (Å²) in [4.78, 5) is 0. The van der Waals surface area contributed by atoms with Crippen molar-refractivity contribution in [1.29, 1.82) is 0 Å². The van der Waals surface area contributed by atoms with Gasteiger partial charge in [0.1, 0.15) is 0 Å². The first kappa shape index (κ1) is 27.3. The van der Waals surface area contributed by atoms with Crippen molar-refractivity contribution in [2.75, 3.05) is 0 Å². The Morgan fingerprint density at radius 1 is 0.829 bits per heavy atom. The van der Waals surface area contributed by atoms with Crippen molar-refractivity contribution in [3.8, 4) is 0 Å². The molecule has 206 valence electrons. The number of benzene rings is 2. The van der Waals surface area contributed by atoms with E-state index in [0.29, 0.717) is 0 Å². The van der Waals surface area contributed by atoms with E-state index in [9.17, 15) is 0 Å². The van der Waals surface area contributed by atoms with E-state index >= 15 is 0 Å². The Morgan fingerprint density at radius 2 is 1.68 bits per heavy atom. The molecule has 2 aromatic rings. The van der Waals surface area contributed by atoms with E-state index in [1.807, 2.05) is 0 Å². The number of fused-ring (bicyclic) bond motifs is 2. The highest BCUT2D eigenvalue weighted by Crippen LogP contribution is 2.44. The molecule has 0 amide bonds. The van der Waals surface area contributed by atoms with Crippen LogP contribution in [0.4, 0.5) is 0 Å². The molecular weight excluding hydrogens is 492 g/mol. The standard InChI is InChI=1S/C41H42/c1-4-14-32-17-10-11-20-36(32)40-28-35(24-23-29(40)2)41-30(3)15-6-5-7-19-37(38-21-12-13-22-39(38)41)34-26-25-31-16-8-9-18-33(31)27-34/h5-7,9,11-13,15,18,20-28,39,41H,3-4,8,10,14,16-17,19H2,1-2H3/b7-5-,15-6-,38-37+. The summed E-state index contributed by atoms with van der Waals surface area (Å²) in [5.41, 5.74) is 15.3. The summed E-state index contributed by atoms with van der Waals surface area (Å²) in [5.74, 6) is 0.371. The Kier molecular flexibility index (Phi) is 8.19. The predicted octanol–water partition coefficient (Wildman–Crippen LogP) is 11.2. The first-order valence-corrected chi connectivity index (χ1v) is 15.5. The van der Waals surface area contributed by atoms with Crippen molar-refractivity contribution in [2.24, 2.45) is 5.92 Å². The van der Waals surface area contributed by atoms with Crippen LogP contribution in [0.15, 0.2) is 127 Å². The number of hydrogen-bond acceptors (Lipinski definition) is 0. The summed E-state index contributed by atoms with van der Waals surface area (Å²) < 4.78 is 0. The second-order valence-electron chi connectivity index (χ2n) is 11.9. The fourth-order valence-corrected chi connectivity index (χ4v) is 7.04. The molecule has 0 radical (unpaired) electrons. The van der Waals surface area contributed by atoms with Crippen LogP contribution in [-0.4, -0.2) is 0 Å². The molecular formula is C41H42. The van der Waals surface area contributed by atoms with E-state index in [2.05, 4.69) is 130 Å². The second kappa shape index (κ2) is 12.3. The molecule has 0 saturated heterocycles. The van der Waals surface area contributed by atoms with Crippen molar-refractivity contribution >= 4 is 17.2 Å². The third-order valence-electron chi connectivity index (χ3n) is 9.16. The molecule has 41 heavy (non-hydrogen) atoms. The molecule has 0 bridgehead atoms. The third-order valence-corrected chi connectivity index (χ3v) is 9.16. The Labute approximate surface area is 247 Å². The van der Waals surface area contributed by atoms with Crippen LogP contribution in [-0.2, 0) is 6.42 Å². The number of rotatable bonds is 5. The fraction of sp³-hybridized carbons (Fsp3) is 0.268. The number of hydrogen-bond donors (Lipinski definition) is 0. The molecule has 2 unspecified atom stereocenters. The number of aryl methyl sites for hydroxylation is 2. The molecule has 0 fully saturated rings. The zero-order chi connectivity index (χ0) is 28.2. The van der Waals surface area contributed by atoms with Crippen LogP contribution in [0.2, 0.25) is 0 Å². The van der Waals surface area contributed by atoms with Crippen molar-refractivity contribution < 1.29 is 0 Å². The zero-order valence-electron chi connectivity index (χ0n) is 24.7. The van der Waals surface area contributed by atoms with Gasteiger partial charge in [-0.25, -0.2) is 0 Å². The van der Waals surface area contributed by atoms with Gasteiger partial charge in [-0.2, -0.15) is 0 Å². The van der Waals surface area contributed by atoms with Gasteiger partial charge >= 0.3 is 0 Å². The van der Waals surface area contributed by atoms with Crippen LogP contribution in [0.25, 0.3) is 17.2 Å². The summed E-state index contributed by atoms with van der Waals surface area (Å²) in [6.07, 6.45) is 35.3. The van der Waals surface area contributed by atoms with E-state index in [1.54, 1.807) is 5.57 Å². The van der Waals surface area contributed by atoms with E-state index in [-0.39, 0.29) is 11.8 Å². The molecule has 0 heterocycles. The second-order valence-corrected chi connectivity index (χ2v) is 11.9. The van der Waals surface area contributed by atoms with E-state index in [1.165, 1.54) is 69.4 Å². The van der Waals surface area contributed by atoms with Crippen molar-refractivity contribution in [3.63, 3.8) is 0 Å². The average Bonchev–Trinajstić information content (AvgIpc) is 3.00. The first-order chi connectivity index (χ1) is 20.1. The Morgan fingerprint density at radius 3 is 2.59 bits per heavy atom. The molecule has 2 atom stereocenters. The van der Waals surface area contributed by atoms with Gasteiger partial charge in [0.2, 0.25) is 0 Å². The Hall–Kier alpha value is -3.90. The molecule has 0 N–H and O–H groups in total. The van der Waals surface area contributed by atoms with Gasteiger partial charge in [0, 0.05) is 11.8 Å². The van der Waals surface area contributed by atoms with Crippen LogP contribution in [0, 0.1) is 12.8 Å². The zero-order valence-corrected chi connectivity index (χ0v) is 24.7. The molecule has 0 nitrogen and oxygen atoms in total. The van der Waals surface area contributed by atoms with Gasteiger partial charge in [0.25, 0.3) is 0 Å². The maximum absolute atomic E-state index is 4.66. The van der Waals surface area contributed by atoms with Gasteiger partial charge in [-0.05, 0) is 107 Å². The third kappa shape index (κ3) is 5.66. The summed E-state index contributed by atoms with van der Waals surface area (Å²) in [7, 11) is 0. The SMILES string of the molecule is C=C1/C=C\C=C/C/C(c2ccc3c(c2)C=CCC3)=C2/C=CC=CC2C1c1ccc(C)c(C2=C(CCC)CCC=C2)c1. The Balaban J connectivity index is 1.50. The molecule has 0 aliphatic heterocycles.